The summed E-state index contributed by atoms with van der Waals surface area (Å²) < 4.78 is 0. The first-order valence-electron chi connectivity index (χ1n) is 4.93. The van der Waals surface area contributed by atoms with Crippen molar-refractivity contribution in [2.24, 2.45) is 0 Å². The van der Waals surface area contributed by atoms with Gasteiger partial charge in [-0.25, -0.2) is 4.79 Å². The Bertz CT molecular complexity index is 182. The van der Waals surface area contributed by atoms with E-state index in [0.29, 0.717) is 13.1 Å². The lowest BCUT2D eigenvalue weighted by Crippen LogP contribution is -2.48. The summed E-state index contributed by atoms with van der Waals surface area (Å²) in [5, 5.41) is 8.74. The number of carboxylic acid groups (broad SMARTS) is 1. The van der Waals surface area contributed by atoms with Crippen LogP contribution in [0, 0.1) is 0 Å². The minimum Gasteiger partial charge on any atom is -0.465 e. The zero-order valence-corrected chi connectivity index (χ0v) is 9.42. The molecule has 1 saturated heterocycles. The third-order valence-electron chi connectivity index (χ3n) is 2.47. The minimum absolute atomic E-state index is 0.661. The first kappa shape index (κ1) is 11.7. The van der Waals surface area contributed by atoms with Crippen molar-refractivity contribution < 1.29 is 9.90 Å². The molecule has 1 amide bonds. The van der Waals surface area contributed by atoms with Crippen LogP contribution >= 0.6 is 11.8 Å². The van der Waals surface area contributed by atoms with Gasteiger partial charge in [0.25, 0.3) is 0 Å². The molecular formula is C9H18N2O2S. The predicted molar refractivity (Wildman–Crippen MR) is 59.0 cm³/mol. The summed E-state index contributed by atoms with van der Waals surface area (Å²) in [5.74, 6) is 1.19. The summed E-state index contributed by atoms with van der Waals surface area (Å²) in [6.45, 7) is 4.21. The number of rotatable bonds is 4. The Hall–Kier alpha value is -0.420. The molecule has 1 N–H and O–H groups in total. The Morgan fingerprint density at radius 2 is 2.00 bits per heavy atom. The number of nitrogens with zero attached hydrogens (tertiary/aromatic N) is 2. The van der Waals surface area contributed by atoms with E-state index in [1.807, 2.05) is 11.8 Å². The summed E-state index contributed by atoms with van der Waals surface area (Å²) in [6, 6.07) is 0. The van der Waals surface area contributed by atoms with Crippen molar-refractivity contribution in [3.8, 4) is 0 Å². The molecule has 0 aromatic heterocycles. The summed E-state index contributed by atoms with van der Waals surface area (Å²) in [7, 11) is 0. The molecule has 0 atom stereocenters. The van der Waals surface area contributed by atoms with Crippen LogP contribution in [0.25, 0.3) is 0 Å². The topological polar surface area (TPSA) is 43.8 Å². The molecule has 0 radical (unpaired) electrons. The Morgan fingerprint density at radius 1 is 1.36 bits per heavy atom. The molecule has 1 aliphatic rings. The van der Waals surface area contributed by atoms with Crippen LogP contribution in [0.5, 0.6) is 0 Å². The van der Waals surface area contributed by atoms with Crippen molar-refractivity contribution >= 4 is 17.9 Å². The van der Waals surface area contributed by atoms with E-state index in [4.69, 9.17) is 5.11 Å². The van der Waals surface area contributed by atoms with Gasteiger partial charge in [0.15, 0.2) is 0 Å². The fourth-order valence-corrected chi connectivity index (χ4v) is 2.01. The van der Waals surface area contributed by atoms with Gasteiger partial charge in [0.2, 0.25) is 0 Å². The third-order valence-corrected chi connectivity index (χ3v) is 3.16. The molecule has 1 heterocycles. The average Bonchev–Trinajstić information content (AvgIpc) is 2.19. The maximum absolute atomic E-state index is 10.6. The van der Waals surface area contributed by atoms with E-state index in [1.54, 1.807) is 0 Å². The van der Waals surface area contributed by atoms with Gasteiger partial charge in [-0.1, -0.05) is 0 Å². The summed E-state index contributed by atoms with van der Waals surface area (Å²) in [4.78, 5) is 14.5. The Labute approximate surface area is 89.3 Å². The quantitative estimate of drug-likeness (QED) is 0.716. The average molecular weight is 218 g/mol. The van der Waals surface area contributed by atoms with Gasteiger partial charge < -0.3 is 10.0 Å². The van der Waals surface area contributed by atoms with Crippen LogP contribution in [0.15, 0.2) is 0 Å². The Balaban J connectivity index is 2.12. The molecular weight excluding hydrogens is 200 g/mol. The van der Waals surface area contributed by atoms with Crippen molar-refractivity contribution in [3.63, 3.8) is 0 Å². The van der Waals surface area contributed by atoms with Crippen LogP contribution in [-0.4, -0.2) is 65.7 Å². The van der Waals surface area contributed by atoms with Crippen molar-refractivity contribution in [1.82, 2.24) is 9.80 Å². The molecule has 5 heteroatoms. The first-order valence-corrected chi connectivity index (χ1v) is 6.32. The predicted octanol–water partition coefficient (Wildman–Crippen LogP) is 1.04. The number of piperazine rings is 1. The highest BCUT2D eigenvalue weighted by molar-refractivity contribution is 7.98. The molecule has 0 aliphatic carbocycles. The lowest BCUT2D eigenvalue weighted by atomic mass is 10.3. The highest BCUT2D eigenvalue weighted by Crippen LogP contribution is 2.04. The van der Waals surface area contributed by atoms with E-state index in [-0.39, 0.29) is 0 Å². The van der Waals surface area contributed by atoms with E-state index in [0.717, 1.165) is 19.6 Å². The van der Waals surface area contributed by atoms with Gasteiger partial charge in [0, 0.05) is 26.2 Å². The molecule has 82 valence electrons. The summed E-state index contributed by atoms with van der Waals surface area (Å²) in [6.07, 6.45) is 2.53. The van der Waals surface area contributed by atoms with Crippen molar-refractivity contribution in [2.45, 2.75) is 6.42 Å². The summed E-state index contributed by atoms with van der Waals surface area (Å²) >= 11 is 1.86. The van der Waals surface area contributed by atoms with Gasteiger partial charge in [0.1, 0.15) is 0 Å². The van der Waals surface area contributed by atoms with Crippen molar-refractivity contribution in [3.05, 3.63) is 0 Å². The van der Waals surface area contributed by atoms with Crippen LogP contribution < -0.4 is 0 Å². The largest absolute Gasteiger partial charge is 0.465 e. The molecule has 1 aliphatic heterocycles. The number of carbonyl (C=O) groups is 1. The van der Waals surface area contributed by atoms with Crippen molar-refractivity contribution in [2.75, 3.05) is 44.7 Å². The molecule has 0 saturated carbocycles. The second-order valence-electron chi connectivity index (χ2n) is 3.46. The molecule has 0 aromatic rings. The van der Waals surface area contributed by atoms with Crippen LogP contribution in [0.2, 0.25) is 0 Å². The van der Waals surface area contributed by atoms with Gasteiger partial charge in [-0.3, -0.25) is 4.90 Å². The van der Waals surface area contributed by atoms with E-state index in [2.05, 4.69) is 11.2 Å². The highest BCUT2D eigenvalue weighted by Gasteiger charge is 2.19. The molecule has 0 spiro atoms. The van der Waals surface area contributed by atoms with Gasteiger partial charge in [0.05, 0.1) is 0 Å². The van der Waals surface area contributed by atoms with Crippen LogP contribution in [0.4, 0.5) is 4.79 Å². The van der Waals surface area contributed by atoms with E-state index in [9.17, 15) is 4.79 Å². The number of amides is 1. The normalized spacial score (nSPS) is 18.5. The molecule has 1 rings (SSSR count). The summed E-state index contributed by atoms with van der Waals surface area (Å²) in [5.41, 5.74) is 0. The smallest absolute Gasteiger partial charge is 0.407 e. The van der Waals surface area contributed by atoms with E-state index in [1.165, 1.54) is 17.1 Å². The molecule has 0 unspecified atom stereocenters. The zero-order valence-electron chi connectivity index (χ0n) is 8.61. The molecule has 1 fully saturated rings. The number of thioether (sulfide) groups is 1. The molecule has 0 aromatic carbocycles. The van der Waals surface area contributed by atoms with Crippen LogP contribution in [0.1, 0.15) is 6.42 Å². The molecule has 0 bridgehead atoms. The van der Waals surface area contributed by atoms with Gasteiger partial charge in [-0.15, -0.1) is 0 Å². The highest BCUT2D eigenvalue weighted by atomic mass is 32.2. The van der Waals surface area contributed by atoms with E-state index >= 15 is 0 Å². The third kappa shape index (κ3) is 3.75. The first-order chi connectivity index (χ1) is 6.74. The second-order valence-corrected chi connectivity index (χ2v) is 4.44. The van der Waals surface area contributed by atoms with E-state index < -0.39 is 6.09 Å². The van der Waals surface area contributed by atoms with Crippen LogP contribution in [-0.2, 0) is 0 Å². The minimum atomic E-state index is -0.784. The van der Waals surface area contributed by atoms with Gasteiger partial charge >= 0.3 is 6.09 Å². The fourth-order valence-electron chi connectivity index (χ4n) is 1.60. The number of hydrogen-bond donors (Lipinski definition) is 1. The SMILES string of the molecule is CSCCCN1CCN(C(=O)O)CC1. The molecule has 14 heavy (non-hydrogen) atoms. The van der Waals surface area contributed by atoms with Crippen LogP contribution in [0.3, 0.4) is 0 Å². The van der Waals surface area contributed by atoms with Gasteiger partial charge in [-0.05, 0) is 25.0 Å². The zero-order chi connectivity index (χ0) is 10.4. The Kier molecular flexibility index (Phi) is 5.11. The fraction of sp³-hybridized carbons (Fsp3) is 0.889. The molecule has 4 nitrogen and oxygen atoms in total. The number of hydrogen-bond acceptors (Lipinski definition) is 3. The van der Waals surface area contributed by atoms with Crippen molar-refractivity contribution in [1.29, 1.82) is 0 Å². The lowest BCUT2D eigenvalue weighted by Gasteiger charge is -2.32. The lowest BCUT2D eigenvalue weighted by molar-refractivity contribution is 0.106. The Morgan fingerprint density at radius 3 is 2.50 bits per heavy atom. The second kappa shape index (κ2) is 6.14. The monoisotopic (exact) mass is 218 g/mol. The standard InChI is InChI=1S/C9H18N2O2S/c1-14-8-2-3-10-4-6-11(7-5-10)9(12)13/h2-8H2,1H3,(H,12,13). The van der Waals surface area contributed by atoms with Gasteiger partial charge in [-0.2, -0.15) is 11.8 Å². The maximum atomic E-state index is 10.6. The maximum Gasteiger partial charge on any atom is 0.407 e.